The summed E-state index contributed by atoms with van der Waals surface area (Å²) in [7, 11) is 0. The molecule has 29 heavy (non-hydrogen) atoms. The van der Waals surface area contributed by atoms with Crippen LogP contribution >= 0.6 is 23.2 Å². The van der Waals surface area contributed by atoms with Crippen LogP contribution in [-0.4, -0.2) is 30.4 Å². The maximum atomic E-state index is 12.6. The summed E-state index contributed by atoms with van der Waals surface area (Å²) in [5, 5.41) is 23.0. The average Bonchev–Trinajstić information content (AvgIpc) is 3.20. The van der Waals surface area contributed by atoms with Crippen LogP contribution in [0.1, 0.15) is 29.9 Å². The van der Waals surface area contributed by atoms with Crippen molar-refractivity contribution in [2.75, 3.05) is 5.32 Å². The monoisotopic (exact) mass is 436 g/mol. The number of carbonyl (C=O) groups excluding carboxylic acids is 1. The quantitative estimate of drug-likeness (QED) is 0.460. The molecule has 1 unspecified atom stereocenters. The van der Waals surface area contributed by atoms with E-state index in [1.165, 1.54) is 4.68 Å². The van der Waals surface area contributed by atoms with Crippen molar-refractivity contribution in [3.05, 3.63) is 67.6 Å². The molecule has 2 aromatic heterocycles. The molecule has 11 heteroatoms. The molecule has 0 spiro atoms. The minimum atomic E-state index is -0.746. The zero-order valence-electron chi connectivity index (χ0n) is 15.9. The highest BCUT2D eigenvalue weighted by molar-refractivity contribution is 6.42. The molecule has 2 heterocycles. The Morgan fingerprint density at radius 1 is 1.28 bits per heavy atom. The van der Waals surface area contributed by atoms with Crippen LogP contribution in [0.5, 0.6) is 0 Å². The van der Waals surface area contributed by atoms with Gasteiger partial charge in [0.2, 0.25) is 5.91 Å². The third-order valence-electron chi connectivity index (χ3n) is 4.51. The van der Waals surface area contributed by atoms with Crippen molar-refractivity contribution in [2.45, 2.75) is 33.4 Å². The first-order chi connectivity index (χ1) is 13.7. The van der Waals surface area contributed by atoms with Crippen molar-refractivity contribution in [1.29, 1.82) is 0 Å². The minimum Gasteiger partial charge on any atom is -0.307 e. The van der Waals surface area contributed by atoms with Gasteiger partial charge < -0.3 is 5.32 Å². The molecule has 9 nitrogen and oxygen atoms in total. The molecule has 0 aliphatic heterocycles. The number of aromatic nitrogens is 4. The normalized spacial score (nSPS) is 12.0. The topological polar surface area (TPSA) is 108 Å². The highest BCUT2D eigenvalue weighted by atomic mass is 35.5. The summed E-state index contributed by atoms with van der Waals surface area (Å²) >= 11 is 12.0. The molecular formula is C18H18Cl2N6O3. The number of rotatable bonds is 6. The molecule has 152 valence electrons. The number of carbonyl (C=O) groups is 1. The summed E-state index contributed by atoms with van der Waals surface area (Å²) < 4.78 is 3.04. The van der Waals surface area contributed by atoms with Gasteiger partial charge in [-0.05, 0) is 38.5 Å². The van der Waals surface area contributed by atoms with Crippen molar-refractivity contribution in [3.63, 3.8) is 0 Å². The second kappa shape index (κ2) is 8.22. The van der Waals surface area contributed by atoms with Gasteiger partial charge in [0.05, 0.1) is 21.5 Å². The number of halogens is 2. The minimum absolute atomic E-state index is 0.133. The van der Waals surface area contributed by atoms with Crippen LogP contribution in [0.3, 0.4) is 0 Å². The van der Waals surface area contributed by atoms with Crippen LogP contribution in [0.15, 0.2) is 30.5 Å². The van der Waals surface area contributed by atoms with Crippen molar-refractivity contribution in [1.82, 2.24) is 19.6 Å². The van der Waals surface area contributed by atoms with E-state index in [2.05, 4.69) is 15.5 Å². The zero-order valence-corrected chi connectivity index (χ0v) is 17.4. The number of nitrogens with zero attached hydrogens (tertiary/aromatic N) is 5. The molecule has 1 N–H and O–H groups in total. The van der Waals surface area contributed by atoms with Crippen molar-refractivity contribution >= 4 is 40.6 Å². The van der Waals surface area contributed by atoms with E-state index in [0.717, 1.165) is 17.5 Å². The van der Waals surface area contributed by atoms with Gasteiger partial charge in [0.25, 0.3) is 0 Å². The summed E-state index contributed by atoms with van der Waals surface area (Å²) in [4.78, 5) is 23.0. The Morgan fingerprint density at radius 3 is 2.62 bits per heavy atom. The molecule has 0 aliphatic carbocycles. The Hall–Kier alpha value is -2.91. The molecule has 0 saturated carbocycles. The van der Waals surface area contributed by atoms with E-state index in [1.807, 2.05) is 13.0 Å². The third kappa shape index (κ3) is 4.41. The lowest BCUT2D eigenvalue weighted by atomic mass is 10.2. The van der Waals surface area contributed by atoms with E-state index >= 15 is 0 Å². The number of hydrogen-bond donors (Lipinski definition) is 1. The second-order valence-electron chi connectivity index (χ2n) is 6.56. The van der Waals surface area contributed by atoms with Gasteiger partial charge in [0, 0.05) is 11.8 Å². The first kappa shape index (κ1) is 20.8. The van der Waals surface area contributed by atoms with Crippen molar-refractivity contribution in [2.24, 2.45) is 0 Å². The van der Waals surface area contributed by atoms with E-state index in [4.69, 9.17) is 23.2 Å². The molecule has 3 aromatic rings. The van der Waals surface area contributed by atoms with Crippen LogP contribution in [0.25, 0.3) is 0 Å². The van der Waals surface area contributed by atoms with Crippen LogP contribution in [0.4, 0.5) is 11.5 Å². The van der Waals surface area contributed by atoms with Crippen molar-refractivity contribution < 1.29 is 9.72 Å². The van der Waals surface area contributed by atoms with Crippen LogP contribution in [0, 0.1) is 24.0 Å². The summed E-state index contributed by atoms with van der Waals surface area (Å²) in [6.07, 6.45) is 1.13. The Labute approximate surface area is 176 Å². The fourth-order valence-electron chi connectivity index (χ4n) is 2.87. The van der Waals surface area contributed by atoms with Gasteiger partial charge in [-0.25, -0.2) is 0 Å². The number of amides is 1. The lowest BCUT2D eigenvalue weighted by Gasteiger charge is -2.12. The van der Waals surface area contributed by atoms with Crippen LogP contribution in [-0.2, 0) is 11.3 Å². The van der Waals surface area contributed by atoms with Gasteiger partial charge in [0.1, 0.15) is 17.9 Å². The average molecular weight is 437 g/mol. The van der Waals surface area contributed by atoms with Crippen LogP contribution < -0.4 is 5.32 Å². The van der Waals surface area contributed by atoms with Gasteiger partial charge in [-0.3, -0.25) is 24.3 Å². The number of nitrogens with one attached hydrogen (secondary N) is 1. The fourth-order valence-corrected chi connectivity index (χ4v) is 3.19. The highest BCUT2D eigenvalue weighted by Gasteiger charge is 2.24. The Morgan fingerprint density at radius 2 is 2.00 bits per heavy atom. The van der Waals surface area contributed by atoms with E-state index in [-0.39, 0.29) is 11.6 Å². The number of hydrogen-bond acceptors (Lipinski definition) is 5. The first-order valence-corrected chi connectivity index (χ1v) is 9.40. The smallest absolute Gasteiger partial charge is 0.307 e. The second-order valence-corrected chi connectivity index (χ2v) is 7.37. The standard InChI is InChI=1S/C18H18Cl2N6O3/c1-10-6-17(23-24(10)9-13-4-5-14(19)15(20)7-13)22-18(27)12(3)25-11(2)16(8-21-25)26(28)29/h4-8,12H,9H2,1-3H3,(H,22,23,27). The molecule has 0 saturated heterocycles. The van der Waals surface area contributed by atoms with Crippen LogP contribution in [0.2, 0.25) is 10.0 Å². The predicted octanol–water partition coefficient (Wildman–Crippen LogP) is 4.16. The van der Waals surface area contributed by atoms with Crippen molar-refractivity contribution in [3.8, 4) is 0 Å². The summed E-state index contributed by atoms with van der Waals surface area (Å²) in [5.74, 6) is -0.0102. The maximum absolute atomic E-state index is 12.6. The lowest BCUT2D eigenvalue weighted by Crippen LogP contribution is -2.25. The molecule has 1 aromatic carbocycles. The summed E-state index contributed by atoms with van der Waals surface area (Å²) in [6.45, 7) is 5.48. The van der Waals surface area contributed by atoms with E-state index in [1.54, 1.807) is 36.7 Å². The molecule has 3 rings (SSSR count). The highest BCUT2D eigenvalue weighted by Crippen LogP contribution is 2.24. The Kier molecular flexibility index (Phi) is 5.90. The molecule has 0 aliphatic rings. The van der Waals surface area contributed by atoms with E-state index in [9.17, 15) is 14.9 Å². The SMILES string of the molecule is Cc1cc(NC(=O)C(C)n2ncc([N+](=O)[O-])c2C)nn1Cc1ccc(Cl)c(Cl)c1. The predicted molar refractivity (Wildman–Crippen MR) is 109 cm³/mol. The zero-order chi connectivity index (χ0) is 21.3. The summed E-state index contributed by atoms with van der Waals surface area (Å²) in [6, 6.07) is 6.32. The van der Waals surface area contributed by atoms with Gasteiger partial charge in [-0.2, -0.15) is 10.2 Å². The number of anilines is 1. The molecule has 1 amide bonds. The maximum Gasteiger partial charge on any atom is 0.309 e. The lowest BCUT2D eigenvalue weighted by molar-refractivity contribution is -0.385. The van der Waals surface area contributed by atoms with Gasteiger partial charge in [-0.1, -0.05) is 29.3 Å². The molecule has 0 bridgehead atoms. The third-order valence-corrected chi connectivity index (χ3v) is 5.25. The molecule has 0 radical (unpaired) electrons. The first-order valence-electron chi connectivity index (χ1n) is 8.65. The molecule has 0 fully saturated rings. The molecular weight excluding hydrogens is 419 g/mol. The van der Waals surface area contributed by atoms with Gasteiger partial charge in [0.15, 0.2) is 5.82 Å². The molecule has 1 atom stereocenters. The number of aryl methyl sites for hydroxylation is 1. The Balaban J connectivity index is 1.73. The van der Waals surface area contributed by atoms with E-state index < -0.39 is 11.0 Å². The fraction of sp³-hybridized carbons (Fsp3) is 0.278. The van der Waals surface area contributed by atoms with Gasteiger partial charge in [-0.15, -0.1) is 0 Å². The largest absolute Gasteiger partial charge is 0.309 e. The number of nitro groups is 1. The summed E-state index contributed by atoms with van der Waals surface area (Å²) in [5.41, 5.74) is 1.92. The Bertz CT molecular complexity index is 1090. The van der Waals surface area contributed by atoms with Gasteiger partial charge >= 0.3 is 5.69 Å². The van der Waals surface area contributed by atoms with E-state index in [0.29, 0.717) is 28.1 Å². The number of benzene rings is 1.